The fraction of sp³-hybridized carbons (Fsp3) is 0.696. The zero-order chi connectivity index (χ0) is 24.3. The molecule has 0 amide bonds. The molecule has 2 rings (SSSR count). The van der Waals surface area contributed by atoms with Crippen LogP contribution in [-0.2, 0) is 0 Å². The minimum Gasteiger partial charge on any atom is -0.360 e. The van der Waals surface area contributed by atoms with Gasteiger partial charge in [-0.2, -0.15) is 26.3 Å². The zero-order valence-corrected chi connectivity index (χ0v) is 19.6. The quantitative estimate of drug-likeness (QED) is 0.318. The summed E-state index contributed by atoms with van der Waals surface area (Å²) in [5.74, 6) is -3.59. The number of thiocarbonyl (C=S) groups is 1. The predicted molar refractivity (Wildman–Crippen MR) is 120 cm³/mol. The van der Waals surface area contributed by atoms with Crippen molar-refractivity contribution >= 4 is 23.0 Å². The van der Waals surface area contributed by atoms with Crippen LogP contribution in [-0.4, -0.2) is 23.5 Å². The summed E-state index contributed by atoms with van der Waals surface area (Å²) in [6.45, 7) is 8.25. The third kappa shape index (κ3) is 6.75. The van der Waals surface area contributed by atoms with Crippen molar-refractivity contribution in [2.75, 3.05) is 5.32 Å². The Morgan fingerprint density at radius 2 is 1.34 bits per heavy atom. The lowest BCUT2D eigenvalue weighted by Gasteiger charge is -2.37. The molecule has 1 aromatic carbocycles. The van der Waals surface area contributed by atoms with Gasteiger partial charge in [0.15, 0.2) is 5.11 Å². The summed E-state index contributed by atoms with van der Waals surface area (Å²) < 4.78 is 79.7. The first-order valence-electron chi connectivity index (χ1n) is 11.1. The molecule has 1 aromatic rings. The lowest BCUT2D eigenvalue weighted by atomic mass is 9.78. The number of anilines is 1. The van der Waals surface area contributed by atoms with Crippen LogP contribution < -0.4 is 10.6 Å². The molecule has 32 heavy (non-hydrogen) atoms. The first kappa shape index (κ1) is 26.7. The summed E-state index contributed by atoms with van der Waals surface area (Å²) in [7, 11) is 0. The summed E-state index contributed by atoms with van der Waals surface area (Å²) in [5, 5.41) is 5.94. The summed E-state index contributed by atoms with van der Waals surface area (Å²) >= 11 is 5.36. The number of benzene rings is 1. The van der Waals surface area contributed by atoms with E-state index in [0.29, 0.717) is 0 Å². The van der Waals surface area contributed by atoms with E-state index in [-0.39, 0.29) is 16.9 Å². The lowest BCUT2D eigenvalue weighted by molar-refractivity contribution is -0.224. The fourth-order valence-corrected chi connectivity index (χ4v) is 4.57. The molecule has 0 bridgehead atoms. The van der Waals surface area contributed by atoms with Crippen LogP contribution in [0.3, 0.4) is 0 Å². The van der Waals surface area contributed by atoms with E-state index < -0.39 is 49.5 Å². The van der Waals surface area contributed by atoms with E-state index in [9.17, 15) is 26.3 Å². The molecular formula is C23H32F6N2S. The number of hydrogen-bond donors (Lipinski definition) is 2. The van der Waals surface area contributed by atoms with Gasteiger partial charge < -0.3 is 10.6 Å². The first-order chi connectivity index (χ1) is 14.8. The van der Waals surface area contributed by atoms with E-state index in [1.54, 1.807) is 0 Å². The summed E-state index contributed by atoms with van der Waals surface area (Å²) in [6, 6.07) is 4.91. The second kappa shape index (κ2) is 10.6. The maximum Gasteiger partial charge on any atom is 0.391 e. The van der Waals surface area contributed by atoms with Crippen molar-refractivity contribution in [3.05, 3.63) is 29.3 Å². The Kier molecular flexibility index (Phi) is 8.87. The van der Waals surface area contributed by atoms with Crippen molar-refractivity contribution in [2.45, 2.75) is 90.0 Å². The Morgan fingerprint density at radius 1 is 0.906 bits per heavy atom. The maximum atomic E-state index is 13.3. The van der Waals surface area contributed by atoms with Crippen molar-refractivity contribution in [3.63, 3.8) is 0 Å². The van der Waals surface area contributed by atoms with Crippen LogP contribution in [0.4, 0.5) is 32.0 Å². The van der Waals surface area contributed by atoms with Gasteiger partial charge in [0.25, 0.3) is 0 Å². The lowest BCUT2D eigenvalue weighted by Crippen LogP contribution is -2.48. The smallest absolute Gasteiger partial charge is 0.360 e. The molecule has 0 aromatic heterocycles. The van der Waals surface area contributed by atoms with E-state index in [1.807, 2.05) is 18.2 Å². The predicted octanol–water partition coefficient (Wildman–Crippen LogP) is 7.91. The van der Waals surface area contributed by atoms with Crippen LogP contribution >= 0.6 is 12.2 Å². The summed E-state index contributed by atoms with van der Waals surface area (Å²) in [4.78, 5) is 0. The molecule has 4 atom stereocenters. The first-order valence-corrected chi connectivity index (χ1v) is 11.5. The van der Waals surface area contributed by atoms with Crippen molar-refractivity contribution in [3.8, 4) is 0 Å². The molecule has 2 nitrogen and oxygen atoms in total. The van der Waals surface area contributed by atoms with Crippen molar-refractivity contribution in [1.82, 2.24) is 5.32 Å². The Hall–Kier alpha value is -1.51. The molecule has 1 aliphatic carbocycles. The molecule has 9 heteroatoms. The largest absolute Gasteiger partial charge is 0.391 e. The minimum atomic E-state index is -4.67. The van der Waals surface area contributed by atoms with Crippen molar-refractivity contribution in [2.24, 2.45) is 11.8 Å². The molecule has 182 valence electrons. The van der Waals surface area contributed by atoms with Crippen molar-refractivity contribution < 1.29 is 26.3 Å². The van der Waals surface area contributed by atoms with Crippen LogP contribution in [0.25, 0.3) is 0 Å². The number of halogens is 6. The van der Waals surface area contributed by atoms with Gasteiger partial charge >= 0.3 is 12.4 Å². The number of hydrogen-bond acceptors (Lipinski definition) is 1. The van der Waals surface area contributed by atoms with Crippen LogP contribution in [0.2, 0.25) is 0 Å². The number of nitrogens with one attached hydrogen (secondary N) is 2. The van der Waals surface area contributed by atoms with E-state index >= 15 is 0 Å². The highest BCUT2D eigenvalue weighted by atomic mass is 32.1. The Bertz CT molecular complexity index is 726. The third-order valence-electron chi connectivity index (χ3n) is 6.62. The molecule has 0 radical (unpaired) electrons. The Morgan fingerprint density at radius 3 is 1.72 bits per heavy atom. The number of rotatable bonds is 6. The van der Waals surface area contributed by atoms with E-state index in [2.05, 4.69) is 38.3 Å². The molecule has 0 spiro atoms. The molecule has 1 fully saturated rings. The van der Waals surface area contributed by atoms with Crippen LogP contribution in [0, 0.1) is 11.8 Å². The van der Waals surface area contributed by atoms with Gasteiger partial charge in [-0.15, -0.1) is 0 Å². The molecule has 2 N–H and O–H groups in total. The maximum absolute atomic E-state index is 13.3. The number of para-hydroxylation sites is 1. The van der Waals surface area contributed by atoms with E-state index in [0.717, 1.165) is 29.7 Å². The van der Waals surface area contributed by atoms with Gasteiger partial charge in [-0.25, -0.2) is 0 Å². The monoisotopic (exact) mass is 482 g/mol. The minimum absolute atomic E-state index is 0.0547. The van der Waals surface area contributed by atoms with Crippen LogP contribution in [0.15, 0.2) is 18.2 Å². The average Bonchev–Trinajstić information content (AvgIpc) is 2.71. The Labute approximate surface area is 191 Å². The summed E-state index contributed by atoms with van der Waals surface area (Å²) in [6.07, 6.45) is -9.38. The van der Waals surface area contributed by atoms with Gasteiger partial charge in [-0.1, -0.05) is 45.9 Å². The molecule has 0 heterocycles. The van der Waals surface area contributed by atoms with Gasteiger partial charge in [0.05, 0.1) is 11.8 Å². The van der Waals surface area contributed by atoms with Gasteiger partial charge in [0.1, 0.15) is 0 Å². The topological polar surface area (TPSA) is 24.1 Å². The van der Waals surface area contributed by atoms with Gasteiger partial charge in [0, 0.05) is 11.7 Å². The molecule has 4 unspecified atom stereocenters. The third-order valence-corrected chi connectivity index (χ3v) is 6.84. The second-order valence-corrected chi connectivity index (χ2v) is 9.32. The highest BCUT2D eigenvalue weighted by molar-refractivity contribution is 7.80. The van der Waals surface area contributed by atoms with E-state index in [1.165, 1.54) is 0 Å². The second-order valence-electron chi connectivity index (χ2n) is 8.91. The standard InChI is InChI=1S/C23H32F6N2S/c1-5-13(3)18-8-7-9-19(14(4)6-2)20(18)31-21(32)30-17-11-15(22(24,25)26)10-16(12-17)23(27,28)29/h7-9,13-17H,5-6,10-12H2,1-4H3,(H2,30,31,32). The van der Waals surface area contributed by atoms with Crippen molar-refractivity contribution in [1.29, 1.82) is 0 Å². The molecule has 0 aliphatic heterocycles. The number of alkyl halides is 6. The van der Waals surface area contributed by atoms with Crippen LogP contribution in [0.5, 0.6) is 0 Å². The average molecular weight is 483 g/mol. The SMILES string of the molecule is CCC(C)c1cccc(C(C)CC)c1NC(=S)NC1CC(C(F)(F)F)CC(C(F)(F)F)C1. The summed E-state index contributed by atoms with van der Waals surface area (Å²) in [5.41, 5.74) is 2.85. The normalized spacial score (nSPS) is 24.0. The van der Waals surface area contributed by atoms with E-state index in [4.69, 9.17) is 12.2 Å². The highest BCUT2D eigenvalue weighted by Crippen LogP contribution is 2.45. The molecular weight excluding hydrogens is 450 g/mol. The molecule has 0 saturated heterocycles. The van der Waals surface area contributed by atoms with Gasteiger partial charge in [-0.05, 0) is 67.3 Å². The fourth-order valence-electron chi connectivity index (χ4n) is 4.30. The molecule has 1 saturated carbocycles. The molecule has 1 aliphatic rings. The highest BCUT2D eigenvalue weighted by Gasteiger charge is 2.52. The van der Waals surface area contributed by atoms with Crippen LogP contribution in [0.1, 0.15) is 82.8 Å². The van der Waals surface area contributed by atoms with Gasteiger partial charge in [0.2, 0.25) is 0 Å². The zero-order valence-electron chi connectivity index (χ0n) is 18.8. The Balaban J connectivity index is 2.25. The van der Waals surface area contributed by atoms with Gasteiger partial charge in [-0.3, -0.25) is 0 Å².